The van der Waals surface area contributed by atoms with Crippen LogP contribution in [0.25, 0.3) is 0 Å². The van der Waals surface area contributed by atoms with Crippen molar-refractivity contribution in [2.45, 2.75) is 0 Å². The SMILES string of the molecule is COc1ccc(Cl)cc1N/C=C(/C#N)C(=O)NCC(=O)O. The van der Waals surface area contributed by atoms with Crippen LogP contribution in [-0.4, -0.2) is 30.6 Å². The predicted molar refractivity (Wildman–Crippen MR) is 76.0 cm³/mol. The van der Waals surface area contributed by atoms with Crippen LogP contribution >= 0.6 is 11.6 Å². The Hall–Kier alpha value is -2.72. The molecule has 0 heterocycles. The van der Waals surface area contributed by atoms with E-state index in [1.807, 2.05) is 0 Å². The lowest BCUT2D eigenvalue weighted by molar-refractivity contribution is -0.137. The summed E-state index contributed by atoms with van der Waals surface area (Å²) < 4.78 is 5.09. The summed E-state index contributed by atoms with van der Waals surface area (Å²) in [6.45, 7) is -0.571. The maximum atomic E-state index is 11.6. The standard InChI is InChI=1S/C13H12ClN3O4/c1-21-11-3-2-9(14)4-10(11)16-6-8(5-15)13(20)17-7-12(18)19/h2-4,6,16H,7H2,1H3,(H,17,20)(H,18,19)/b8-6-. The normalized spacial score (nSPS) is 10.4. The molecule has 0 aliphatic carbocycles. The van der Waals surface area contributed by atoms with E-state index in [9.17, 15) is 9.59 Å². The van der Waals surface area contributed by atoms with Gasteiger partial charge in [0, 0.05) is 11.2 Å². The molecule has 8 heteroatoms. The predicted octanol–water partition coefficient (Wildman–Crippen LogP) is 1.37. The number of amides is 1. The summed E-state index contributed by atoms with van der Waals surface area (Å²) in [5.41, 5.74) is 0.182. The van der Waals surface area contributed by atoms with Gasteiger partial charge < -0.3 is 20.5 Å². The van der Waals surface area contributed by atoms with Crippen molar-refractivity contribution in [2.75, 3.05) is 19.0 Å². The second-order valence-electron chi connectivity index (χ2n) is 3.74. The van der Waals surface area contributed by atoms with Crippen LogP contribution in [0.3, 0.4) is 0 Å². The number of ether oxygens (including phenoxy) is 1. The van der Waals surface area contributed by atoms with Crippen LogP contribution < -0.4 is 15.4 Å². The summed E-state index contributed by atoms with van der Waals surface area (Å²) in [7, 11) is 1.46. The highest BCUT2D eigenvalue weighted by Crippen LogP contribution is 2.27. The number of carbonyl (C=O) groups is 2. The van der Waals surface area contributed by atoms with Crippen molar-refractivity contribution < 1.29 is 19.4 Å². The molecule has 0 radical (unpaired) electrons. The second kappa shape index (κ2) is 7.77. The van der Waals surface area contributed by atoms with Crippen LogP contribution in [-0.2, 0) is 9.59 Å². The van der Waals surface area contributed by atoms with E-state index in [4.69, 9.17) is 26.7 Å². The first-order valence-corrected chi connectivity index (χ1v) is 6.06. The van der Waals surface area contributed by atoms with E-state index in [-0.39, 0.29) is 5.57 Å². The first-order chi connectivity index (χ1) is 9.97. The Balaban J connectivity index is 2.86. The number of hydrogen-bond donors (Lipinski definition) is 3. The molecule has 1 amide bonds. The van der Waals surface area contributed by atoms with Gasteiger partial charge in [-0.1, -0.05) is 11.6 Å². The van der Waals surface area contributed by atoms with Crippen LogP contribution in [0.2, 0.25) is 5.02 Å². The third-order valence-corrected chi connectivity index (χ3v) is 2.53. The molecular formula is C13H12ClN3O4. The smallest absolute Gasteiger partial charge is 0.322 e. The van der Waals surface area contributed by atoms with Crippen molar-refractivity contribution in [3.8, 4) is 11.8 Å². The van der Waals surface area contributed by atoms with Crippen LogP contribution in [0.5, 0.6) is 5.75 Å². The number of nitriles is 1. The van der Waals surface area contributed by atoms with E-state index in [2.05, 4.69) is 10.6 Å². The number of methoxy groups -OCH3 is 1. The molecule has 0 fully saturated rings. The molecule has 0 bridgehead atoms. The highest BCUT2D eigenvalue weighted by molar-refractivity contribution is 6.30. The summed E-state index contributed by atoms with van der Waals surface area (Å²) in [6.07, 6.45) is 1.14. The van der Waals surface area contributed by atoms with Gasteiger partial charge in [-0.15, -0.1) is 0 Å². The molecule has 110 valence electrons. The molecular weight excluding hydrogens is 298 g/mol. The molecule has 1 aromatic rings. The second-order valence-corrected chi connectivity index (χ2v) is 4.17. The van der Waals surface area contributed by atoms with Gasteiger partial charge >= 0.3 is 5.97 Å². The van der Waals surface area contributed by atoms with Crippen molar-refractivity contribution in [1.29, 1.82) is 5.26 Å². The molecule has 0 aliphatic heterocycles. The third-order valence-electron chi connectivity index (χ3n) is 2.30. The van der Waals surface area contributed by atoms with Crippen molar-refractivity contribution >= 4 is 29.2 Å². The molecule has 21 heavy (non-hydrogen) atoms. The average molecular weight is 310 g/mol. The van der Waals surface area contributed by atoms with Crippen molar-refractivity contribution in [1.82, 2.24) is 5.32 Å². The Labute approximate surface area is 125 Å². The number of nitrogens with zero attached hydrogens (tertiary/aromatic N) is 1. The molecule has 1 aromatic carbocycles. The Bertz CT molecular complexity index is 622. The van der Waals surface area contributed by atoms with Crippen LogP contribution in [0.15, 0.2) is 30.0 Å². The van der Waals surface area contributed by atoms with E-state index in [1.54, 1.807) is 24.3 Å². The molecule has 0 saturated heterocycles. The summed E-state index contributed by atoms with van der Waals surface area (Å²) in [6, 6.07) is 6.47. The summed E-state index contributed by atoms with van der Waals surface area (Å²) >= 11 is 5.84. The fourth-order valence-electron chi connectivity index (χ4n) is 1.34. The van der Waals surface area contributed by atoms with Gasteiger partial charge in [0.05, 0.1) is 12.8 Å². The first kappa shape index (κ1) is 16.3. The zero-order chi connectivity index (χ0) is 15.8. The lowest BCUT2D eigenvalue weighted by Crippen LogP contribution is -2.30. The highest BCUT2D eigenvalue weighted by Gasteiger charge is 2.10. The number of hydrogen-bond acceptors (Lipinski definition) is 5. The quantitative estimate of drug-likeness (QED) is 0.540. The van der Waals surface area contributed by atoms with E-state index in [0.29, 0.717) is 16.5 Å². The minimum atomic E-state index is -1.20. The van der Waals surface area contributed by atoms with Gasteiger partial charge in [-0.05, 0) is 18.2 Å². The Morgan fingerprint density at radius 1 is 1.52 bits per heavy atom. The van der Waals surface area contributed by atoms with E-state index < -0.39 is 18.4 Å². The van der Waals surface area contributed by atoms with Crippen molar-refractivity contribution in [3.05, 3.63) is 35.0 Å². The fraction of sp³-hybridized carbons (Fsp3) is 0.154. The Kier molecular flexibility index (Phi) is 6.04. The van der Waals surface area contributed by atoms with Crippen LogP contribution in [0, 0.1) is 11.3 Å². The number of carboxylic acid groups (broad SMARTS) is 1. The van der Waals surface area contributed by atoms with Gasteiger partial charge in [0.25, 0.3) is 5.91 Å². The largest absolute Gasteiger partial charge is 0.495 e. The minimum absolute atomic E-state index is 0.279. The van der Waals surface area contributed by atoms with E-state index in [1.165, 1.54) is 7.11 Å². The van der Waals surface area contributed by atoms with Gasteiger partial charge in [0.2, 0.25) is 0 Å². The monoisotopic (exact) mass is 309 g/mol. The zero-order valence-corrected chi connectivity index (χ0v) is 11.8. The van der Waals surface area contributed by atoms with Crippen LogP contribution in [0.4, 0.5) is 5.69 Å². The zero-order valence-electron chi connectivity index (χ0n) is 11.0. The molecule has 0 atom stereocenters. The lowest BCUT2D eigenvalue weighted by Gasteiger charge is -2.09. The van der Waals surface area contributed by atoms with Crippen LogP contribution in [0.1, 0.15) is 0 Å². The van der Waals surface area contributed by atoms with Crippen molar-refractivity contribution in [3.63, 3.8) is 0 Å². The maximum Gasteiger partial charge on any atom is 0.322 e. The minimum Gasteiger partial charge on any atom is -0.495 e. The summed E-state index contributed by atoms with van der Waals surface area (Å²) in [4.78, 5) is 21.9. The molecule has 0 aliphatic rings. The molecule has 0 unspecified atom stereocenters. The molecule has 1 rings (SSSR count). The number of benzene rings is 1. The number of aliphatic carboxylic acids is 1. The Morgan fingerprint density at radius 2 is 2.24 bits per heavy atom. The van der Waals surface area contributed by atoms with E-state index >= 15 is 0 Å². The topological polar surface area (TPSA) is 111 Å². The van der Waals surface area contributed by atoms with Crippen molar-refractivity contribution in [2.24, 2.45) is 0 Å². The molecule has 0 spiro atoms. The van der Waals surface area contributed by atoms with Gasteiger partial charge in [-0.2, -0.15) is 5.26 Å². The molecule has 0 aromatic heterocycles. The summed E-state index contributed by atoms with van der Waals surface area (Å²) in [5, 5.41) is 22.6. The fourth-order valence-corrected chi connectivity index (χ4v) is 1.51. The van der Waals surface area contributed by atoms with Gasteiger partial charge in [0.15, 0.2) is 0 Å². The van der Waals surface area contributed by atoms with Gasteiger partial charge in [-0.3, -0.25) is 9.59 Å². The number of anilines is 1. The number of nitrogens with one attached hydrogen (secondary N) is 2. The number of carbonyl (C=O) groups excluding carboxylic acids is 1. The maximum absolute atomic E-state index is 11.6. The molecule has 3 N–H and O–H groups in total. The molecule has 7 nitrogen and oxygen atoms in total. The first-order valence-electron chi connectivity index (χ1n) is 5.68. The lowest BCUT2D eigenvalue weighted by atomic mass is 10.2. The number of halogens is 1. The van der Waals surface area contributed by atoms with Gasteiger partial charge in [-0.25, -0.2) is 0 Å². The number of carboxylic acids is 1. The van der Waals surface area contributed by atoms with Gasteiger partial charge in [0.1, 0.15) is 23.9 Å². The average Bonchev–Trinajstić information content (AvgIpc) is 2.45. The molecule has 0 saturated carbocycles. The highest BCUT2D eigenvalue weighted by atomic mass is 35.5. The number of rotatable bonds is 6. The Morgan fingerprint density at radius 3 is 2.81 bits per heavy atom. The van der Waals surface area contributed by atoms with E-state index in [0.717, 1.165) is 6.20 Å². The third kappa shape index (κ3) is 5.04. The summed E-state index contributed by atoms with van der Waals surface area (Å²) in [5.74, 6) is -1.53.